The fourth-order valence-electron chi connectivity index (χ4n) is 3.06. The molecule has 10 heteroatoms. The third-order valence-electron chi connectivity index (χ3n) is 4.53. The Bertz CT molecular complexity index is 1240. The van der Waals surface area contributed by atoms with E-state index in [1.54, 1.807) is 50.7 Å². The van der Waals surface area contributed by atoms with Gasteiger partial charge in [-0.15, -0.1) is 0 Å². The summed E-state index contributed by atoms with van der Waals surface area (Å²) in [6, 6.07) is 8.66. The molecule has 2 N–H and O–H groups in total. The van der Waals surface area contributed by atoms with Crippen molar-refractivity contribution in [1.82, 2.24) is 20.2 Å². The van der Waals surface area contributed by atoms with Gasteiger partial charge < -0.3 is 24.3 Å². The van der Waals surface area contributed by atoms with Gasteiger partial charge in [-0.1, -0.05) is 0 Å². The van der Waals surface area contributed by atoms with Gasteiger partial charge in [0, 0.05) is 17.6 Å². The zero-order chi connectivity index (χ0) is 22.5. The van der Waals surface area contributed by atoms with Gasteiger partial charge in [0.2, 0.25) is 0 Å². The Morgan fingerprint density at radius 3 is 2.56 bits per heavy atom. The Hall–Kier alpha value is -4.34. The van der Waals surface area contributed by atoms with E-state index in [9.17, 15) is 4.79 Å². The van der Waals surface area contributed by atoms with E-state index in [2.05, 4.69) is 25.5 Å². The molecule has 32 heavy (non-hydrogen) atoms. The molecule has 4 rings (SSSR count). The highest BCUT2D eigenvalue weighted by molar-refractivity contribution is 6.04. The third kappa shape index (κ3) is 4.24. The molecule has 0 radical (unpaired) electrons. The summed E-state index contributed by atoms with van der Waals surface area (Å²) in [5.74, 6) is 2.50. The summed E-state index contributed by atoms with van der Waals surface area (Å²) in [4.78, 5) is 21.0. The molecule has 10 nitrogen and oxygen atoms in total. The minimum atomic E-state index is -0.433. The number of ether oxygens (including phenoxy) is 4. The van der Waals surface area contributed by atoms with E-state index in [0.29, 0.717) is 46.7 Å². The van der Waals surface area contributed by atoms with Crippen molar-refractivity contribution in [3.05, 3.63) is 54.6 Å². The molecule has 0 fully saturated rings. The van der Waals surface area contributed by atoms with E-state index in [1.807, 2.05) is 6.92 Å². The van der Waals surface area contributed by atoms with Gasteiger partial charge in [-0.05, 0) is 31.2 Å². The minimum absolute atomic E-state index is 0.154. The maximum absolute atomic E-state index is 12.4. The normalized spacial score (nSPS) is 10.6. The van der Waals surface area contributed by atoms with Crippen molar-refractivity contribution >= 4 is 22.6 Å². The van der Waals surface area contributed by atoms with Crippen molar-refractivity contribution in [2.75, 3.05) is 26.1 Å². The molecule has 1 aromatic carbocycles. The number of methoxy groups -OCH3 is 2. The van der Waals surface area contributed by atoms with Crippen LogP contribution in [0.25, 0.3) is 10.9 Å². The monoisotopic (exact) mass is 435 g/mol. The van der Waals surface area contributed by atoms with Crippen LogP contribution in [0.5, 0.6) is 28.7 Å². The summed E-state index contributed by atoms with van der Waals surface area (Å²) >= 11 is 0. The number of carbonyl (C=O) groups is 1. The molecular weight excluding hydrogens is 414 g/mol. The molecule has 0 spiro atoms. The molecule has 164 valence electrons. The highest BCUT2D eigenvalue weighted by atomic mass is 16.5. The van der Waals surface area contributed by atoms with E-state index in [1.165, 1.54) is 12.4 Å². The summed E-state index contributed by atoms with van der Waals surface area (Å²) in [6.45, 7) is 2.25. The average molecular weight is 435 g/mol. The lowest BCUT2D eigenvalue weighted by Gasteiger charge is -2.12. The summed E-state index contributed by atoms with van der Waals surface area (Å²) in [6.07, 6.45) is 4.68. The number of aromatic amines is 1. The highest BCUT2D eigenvalue weighted by Gasteiger charge is 2.17. The van der Waals surface area contributed by atoms with Crippen LogP contribution in [0.4, 0.5) is 5.82 Å². The van der Waals surface area contributed by atoms with Crippen molar-refractivity contribution in [2.24, 2.45) is 0 Å². The SMILES string of the molecule is CCOc1c[nH]nc1C(=O)Nc1ccc(Oc2ccnc3cc(OC)c(OC)cc23)cn1. The second-order valence-electron chi connectivity index (χ2n) is 6.50. The quantitative estimate of drug-likeness (QED) is 0.429. The van der Waals surface area contributed by atoms with Gasteiger partial charge >= 0.3 is 0 Å². The minimum Gasteiger partial charge on any atom is -0.493 e. The lowest BCUT2D eigenvalue weighted by molar-refractivity contribution is 0.101. The van der Waals surface area contributed by atoms with Gasteiger partial charge in [0.25, 0.3) is 5.91 Å². The van der Waals surface area contributed by atoms with Crippen LogP contribution in [-0.4, -0.2) is 46.9 Å². The maximum atomic E-state index is 12.4. The number of pyridine rings is 2. The fraction of sp³-hybridized carbons (Fsp3) is 0.182. The van der Waals surface area contributed by atoms with E-state index in [0.717, 1.165) is 5.39 Å². The number of nitrogens with zero attached hydrogens (tertiary/aromatic N) is 3. The summed E-state index contributed by atoms with van der Waals surface area (Å²) < 4.78 is 22.1. The standard InChI is InChI=1S/C22H21N5O5/c1-4-31-19-12-25-27-21(19)22(28)26-20-6-5-13(11-24-20)32-16-7-8-23-15-10-18(30-3)17(29-2)9-14(15)16/h5-12H,4H2,1-3H3,(H,25,27)(H,24,26,28). The van der Waals surface area contributed by atoms with Crippen LogP contribution in [0.15, 0.2) is 48.9 Å². The number of H-pyrrole nitrogens is 1. The number of anilines is 1. The number of benzene rings is 1. The number of amides is 1. The van der Waals surface area contributed by atoms with E-state index in [4.69, 9.17) is 18.9 Å². The predicted octanol–water partition coefficient (Wildman–Crippen LogP) is 3.81. The smallest absolute Gasteiger partial charge is 0.281 e. The second kappa shape index (κ2) is 9.21. The topological polar surface area (TPSA) is 120 Å². The molecular formula is C22H21N5O5. The maximum Gasteiger partial charge on any atom is 0.281 e. The van der Waals surface area contributed by atoms with Crippen LogP contribution < -0.4 is 24.3 Å². The van der Waals surface area contributed by atoms with Crippen LogP contribution in [0.3, 0.4) is 0 Å². The summed E-state index contributed by atoms with van der Waals surface area (Å²) in [5.41, 5.74) is 0.850. The van der Waals surface area contributed by atoms with Crippen molar-refractivity contribution < 1.29 is 23.7 Å². The first-order valence-corrected chi connectivity index (χ1v) is 9.75. The van der Waals surface area contributed by atoms with E-state index >= 15 is 0 Å². The van der Waals surface area contributed by atoms with Crippen LogP contribution in [0, 0.1) is 0 Å². The Kier molecular flexibility index (Phi) is 6.02. The molecule has 0 saturated carbocycles. The number of hydrogen-bond acceptors (Lipinski definition) is 8. The molecule has 3 aromatic heterocycles. The first-order chi connectivity index (χ1) is 15.6. The molecule has 0 bridgehead atoms. The van der Waals surface area contributed by atoms with Gasteiger partial charge in [0.15, 0.2) is 22.9 Å². The fourth-order valence-corrected chi connectivity index (χ4v) is 3.06. The van der Waals surface area contributed by atoms with Gasteiger partial charge in [0.05, 0.1) is 38.7 Å². The highest BCUT2D eigenvalue weighted by Crippen LogP contribution is 2.36. The van der Waals surface area contributed by atoms with Gasteiger partial charge in [0.1, 0.15) is 17.3 Å². The predicted molar refractivity (Wildman–Crippen MR) is 117 cm³/mol. The largest absolute Gasteiger partial charge is 0.493 e. The second-order valence-corrected chi connectivity index (χ2v) is 6.50. The van der Waals surface area contributed by atoms with Crippen LogP contribution in [0.1, 0.15) is 17.4 Å². The Morgan fingerprint density at radius 1 is 1.03 bits per heavy atom. The number of aromatic nitrogens is 4. The first-order valence-electron chi connectivity index (χ1n) is 9.75. The van der Waals surface area contributed by atoms with Crippen LogP contribution in [0.2, 0.25) is 0 Å². The first kappa shape index (κ1) is 20.9. The molecule has 0 atom stereocenters. The van der Waals surface area contributed by atoms with Gasteiger partial charge in [-0.3, -0.25) is 14.9 Å². The van der Waals surface area contributed by atoms with Crippen molar-refractivity contribution in [3.8, 4) is 28.7 Å². The molecule has 0 saturated heterocycles. The molecule has 0 unspecified atom stereocenters. The number of carbonyl (C=O) groups excluding carboxylic acids is 1. The molecule has 3 heterocycles. The number of fused-ring (bicyclic) bond motifs is 1. The zero-order valence-corrected chi connectivity index (χ0v) is 17.7. The van der Waals surface area contributed by atoms with Crippen LogP contribution in [-0.2, 0) is 0 Å². The molecule has 0 aliphatic heterocycles. The van der Waals surface area contributed by atoms with Crippen molar-refractivity contribution in [3.63, 3.8) is 0 Å². The lowest BCUT2D eigenvalue weighted by Crippen LogP contribution is -2.14. The Labute approximate surface area is 183 Å². The van der Waals surface area contributed by atoms with Crippen molar-refractivity contribution in [1.29, 1.82) is 0 Å². The zero-order valence-electron chi connectivity index (χ0n) is 17.7. The Balaban J connectivity index is 1.52. The Morgan fingerprint density at radius 2 is 1.84 bits per heavy atom. The summed E-state index contributed by atoms with van der Waals surface area (Å²) in [7, 11) is 3.14. The molecule has 1 amide bonds. The van der Waals surface area contributed by atoms with Gasteiger partial charge in [-0.2, -0.15) is 5.10 Å². The number of nitrogens with one attached hydrogen (secondary N) is 2. The lowest BCUT2D eigenvalue weighted by atomic mass is 10.2. The molecule has 0 aliphatic carbocycles. The van der Waals surface area contributed by atoms with Gasteiger partial charge in [-0.25, -0.2) is 4.98 Å². The molecule has 4 aromatic rings. The van der Waals surface area contributed by atoms with Crippen LogP contribution >= 0.6 is 0 Å². The number of hydrogen-bond donors (Lipinski definition) is 2. The summed E-state index contributed by atoms with van der Waals surface area (Å²) in [5, 5.41) is 9.98. The average Bonchev–Trinajstić information content (AvgIpc) is 3.28. The third-order valence-corrected chi connectivity index (χ3v) is 4.53. The van der Waals surface area contributed by atoms with E-state index in [-0.39, 0.29) is 5.69 Å². The van der Waals surface area contributed by atoms with E-state index < -0.39 is 5.91 Å². The van der Waals surface area contributed by atoms with Crippen molar-refractivity contribution in [2.45, 2.75) is 6.92 Å². The number of rotatable bonds is 8. The molecule has 0 aliphatic rings.